The Labute approximate surface area is 179 Å². The lowest BCUT2D eigenvalue weighted by Gasteiger charge is -2.33. The third-order valence-corrected chi connectivity index (χ3v) is 5.65. The summed E-state index contributed by atoms with van der Waals surface area (Å²) in [4.78, 5) is 19.4. The zero-order valence-corrected chi connectivity index (χ0v) is 19.2. The highest BCUT2D eigenvalue weighted by Crippen LogP contribution is 2.17. The number of carbonyl (C=O) groups excluding carboxylic acids is 1. The average molecular weight is 441 g/mol. The number of oxime groups is 1. The predicted molar refractivity (Wildman–Crippen MR) is 114 cm³/mol. The van der Waals surface area contributed by atoms with Crippen LogP contribution in [0.1, 0.15) is 46.1 Å². The van der Waals surface area contributed by atoms with Crippen LogP contribution in [-0.4, -0.2) is 69.4 Å². The number of ether oxygens (including phenoxy) is 2. The highest BCUT2D eigenvalue weighted by Gasteiger charge is 2.27. The van der Waals surface area contributed by atoms with Crippen LogP contribution in [0.5, 0.6) is 0 Å². The molecule has 1 aromatic carbocycles. The largest absolute Gasteiger partial charge is 0.444 e. The lowest BCUT2D eigenvalue weighted by molar-refractivity contribution is -0.0287. The minimum atomic E-state index is -3.21. The Bertz CT molecular complexity index is 835. The number of sulfone groups is 1. The maximum absolute atomic E-state index is 12.1. The number of likely N-dealkylation sites (tertiary alicyclic amines) is 1. The number of carbonyl (C=O) groups is 1. The van der Waals surface area contributed by atoms with E-state index in [1.54, 1.807) is 36.1 Å². The zero-order valence-electron chi connectivity index (χ0n) is 18.4. The molecule has 1 aliphatic heterocycles. The fourth-order valence-electron chi connectivity index (χ4n) is 2.92. The number of nitrogens with zero attached hydrogens (tertiary/aromatic N) is 2. The second-order valence-electron chi connectivity index (χ2n) is 8.34. The summed E-state index contributed by atoms with van der Waals surface area (Å²) in [7, 11) is -3.21. The van der Waals surface area contributed by atoms with Crippen molar-refractivity contribution < 1.29 is 27.5 Å². The van der Waals surface area contributed by atoms with Crippen molar-refractivity contribution in [3.63, 3.8) is 0 Å². The fourth-order valence-corrected chi connectivity index (χ4v) is 3.55. The van der Waals surface area contributed by atoms with Crippen LogP contribution in [0.15, 0.2) is 34.3 Å². The van der Waals surface area contributed by atoms with Crippen molar-refractivity contribution in [2.75, 3.05) is 32.6 Å². The summed E-state index contributed by atoms with van der Waals surface area (Å²) < 4.78 is 34.2. The van der Waals surface area contributed by atoms with E-state index in [0.717, 1.165) is 18.4 Å². The second-order valence-corrected chi connectivity index (χ2v) is 10.4. The molecule has 1 saturated heterocycles. The molecule has 9 heteroatoms. The number of amides is 1. The number of piperidine rings is 1. The molecule has 0 spiro atoms. The third-order valence-electron chi connectivity index (χ3n) is 4.52. The van der Waals surface area contributed by atoms with Crippen LogP contribution >= 0.6 is 0 Å². The van der Waals surface area contributed by atoms with Crippen LogP contribution in [0.3, 0.4) is 0 Å². The summed E-state index contributed by atoms with van der Waals surface area (Å²) in [6.45, 7) is 9.30. The summed E-state index contributed by atoms with van der Waals surface area (Å²) in [5, 5.41) is 4.06. The molecule has 1 fully saturated rings. The second kappa shape index (κ2) is 10.3. The van der Waals surface area contributed by atoms with Crippen molar-refractivity contribution in [3.8, 4) is 0 Å². The van der Waals surface area contributed by atoms with E-state index in [2.05, 4.69) is 5.16 Å². The van der Waals surface area contributed by atoms with Gasteiger partial charge in [0.1, 0.15) is 12.2 Å². The topological polar surface area (TPSA) is 94.5 Å². The normalized spacial score (nSPS) is 16.4. The van der Waals surface area contributed by atoms with E-state index >= 15 is 0 Å². The number of hydrogen-bond donors (Lipinski definition) is 0. The zero-order chi connectivity index (χ0) is 22.4. The summed E-state index contributed by atoms with van der Waals surface area (Å²) >= 11 is 0. The minimum Gasteiger partial charge on any atom is -0.444 e. The number of hydrogen-bond acceptors (Lipinski definition) is 7. The Morgan fingerprint density at radius 1 is 1.13 bits per heavy atom. The molecule has 0 bridgehead atoms. The van der Waals surface area contributed by atoms with Crippen LogP contribution in [0.4, 0.5) is 4.79 Å². The predicted octanol–water partition coefficient (Wildman–Crippen LogP) is 3.25. The van der Waals surface area contributed by atoms with E-state index < -0.39 is 15.4 Å². The fraction of sp³-hybridized carbons (Fsp3) is 0.619. The van der Waals surface area contributed by atoms with Gasteiger partial charge in [0, 0.05) is 19.3 Å². The average Bonchev–Trinajstić information content (AvgIpc) is 2.66. The Morgan fingerprint density at radius 2 is 1.73 bits per heavy atom. The molecule has 2 rings (SSSR count). The van der Waals surface area contributed by atoms with E-state index in [4.69, 9.17) is 14.3 Å². The van der Waals surface area contributed by atoms with E-state index in [1.807, 2.05) is 20.8 Å². The SMILES string of the molecule is CC(=NOCCOC1CCN(C(=O)OC(C)(C)C)CC1)c1ccc(S(C)(=O)=O)cc1. The highest BCUT2D eigenvalue weighted by molar-refractivity contribution is 7.90. The maximum Gasteiger partial charge on any atom is 0.410 e. The lowest BCUT2D eigenvalue weighted by atomic mass is 10.1. The van der Waals surface area contributed by atoms with Crippen molar-refractivity contribution >= 4 is 21.6 Å². The van der Waals surface area contributed by atoms with Gasteiger partial charge in [-0.3, -0.25) is 0 Å². The first kappa shape index (κ1) is 24.1. The first-order valence-electron chi connectivity index (χ1n) is 10.0. The smallest absolute Gasteiger partial charge is 0.410 e. The summed E-state index contributed by atoms with van der Waals surface area (Å²) in [6.07, 6.45) is 2.50. The Morgan fingerprint density at radius 3 is 2.27 bits per heavy atom. The van der Waals surface area contributed by atoms with Gasteiger partial charge in [-0.15, -0.1) is 0 Å². The molecule has 0 radical (unpaired) electrons. The first-order valence-corrected chi connectivity index (χ1v) is 11.9. The van der Waals surface area contributed by atoms with E-state index in [0.29, 0.717) is 32.0 Å². The van der Waals surface area contributed by atoms with Gasteiger partial charge in [-0.2, -0.15) is 0 Å². The summed E-state index contributed by atoms with van der Waals surface area (Å²) in [6, 6.07) is 6.51. The molecule has 1 aliphatic rings. The van der Waals surface area contributed by atoms with Gasteiger partial charge in [-0.25, -0.2) is 13.2 Å². The molecule has 1 amide bonds. The van der Waals surface area contributed by atoms with Crippen molar-refractivity contribution in [1.82, 2.24) is 4.90 Å². The van der Waals surface area contributed by atoms with Gasteiger partial charge in [-0.1, -0.05) is 17.3 Å². The van der Waals surface area contributed by atoms with Crippen molar-refractivity contribution in [3.05, 3.63) is 29.8 Å². The molecule has 1 heterocycles. The molecule has 168 valence electrons. The van der Waals surface area contributed by atoms with Gasteiger partial charge < -0.3 is 19.2 Å². The molecular formula is C21H32N2O6S. The molecule has 1 aromatic rings. The molecule has 30 heavy (non-hydrogen) atoms. The molecule has 8 nitrogen and oxygen atoms in total. The van der Waals surface area contributed by atoms with Crippen LogP contribution in [0, 0.1) is 0 Å². The molecule has 0 saturated carbocycles. The molecule has 0 unspecified atom stereocenters. The quantitative estimate of drug-likeness (QED) is 0.367. The van der Waals surface area contributed by atoms with E-state index in [1.165, 1.54) is 6.26 Å². The maximum atomic E-state index is 12.1. The van der Waals surface area contributed by atoms with Crippen LogP contribution in [0.25, 0.3) is 0 Å². The Balaban J connectivity index is 1.68. The molecule has 0 atom stereocenters. The number of benzene rings is 1. The van der Waals surface area contributed by atoms with Crippen LogP contribution in [0.2, 0.25) is 0 Å². The molecule has 0 aliphatic carbocycles. The summed E-state index contributed by atoms with van der Waals surface area (Å²) in [5.74, 6) is 0. The Hall–Kier alpha value is -2.13. The van der Waals surface area contributed by atoms with Crippen LogP contribution < -0.4 is 0 Å². The monoisotopic (exact) mass is 440 g/mol. The van der Waals surface area contributed by atoms with Gasteiger partial charge >= 0.3 is 6.09 Å². The van der Waals surface area contributed by atoms with Crippen molar-refractivity contribution in [1.29, 1.82) is 0 Å². The third kappa shape index (κ3) is 7.95. The minimum absolute atomic E-state index is 0.0842. The van der Waals surface area contributed by atoms with Crippen molar-refractivity contribution in [2.45, 2.75) is 57.1 Å². The van der Waals surface area contributed by atoms with E-state index in [-0.39, 0.29) is 17.1 Å². The molecule has 0 aromatic heterocycles. The van der Waals surface area contributed by atoms with E-state index in [9.17, 15) is 13.2 Å². The lowest BCUT2D eigenvalue weighted by Crippen LogP contribution is -2.43. The van der Waals surface area contributed by atoms with Gasteiger partial charge in [0.2, 0.25) is 0 Å². The summed E-state index contributed by atoms with van der Waals surface area (Å²) in [5.41, 5.74) is 0.953. The highest BCUT2D eigenvalue weighted by atomic mass is 32.2. The molecular weight excluding hydrogens is 408 g/mol. The van der Waals surface area contributed by atoms with Gasteiger partial charge in [0.15, 0.2) is 9.84 Å². The van der Waals surface area contributed by atoms with Gasteiger partial charge in [0.25, 0.3) is 0 Å². The standard InChI is InChI=1S/C21H32N2O6S/c1-16(17-6-8-19(9-7-17)30(5,25)26)22-28-15-14-27-18-10-12-23(13-11-18)20(24)29-21(2,3)4/h6-9,18H,10-15H2,1-5H3. The number of rotatable bonds is 7. The first-order chi connectivity index (χ1) is 14.0. The molecule has 0 N–H and O–H groups in total. The van der Waals surface area contributed by atoms with Crippen molar-refractivity contribution in [2.24, 2.45) is 5.16 Å². The van der Waals surface area contributed by atoms with Gasteiger partial charge in [0.05, 0.1) is 23.3 Å². The Kier molecular flexibility index (Phi) is 8.25. The van der Waals surface area contributed by atoms with Gasteiger partial charge in [-0.05, 0) is 58.2 Å². The van der Waals surface area contributed by atoms with Crippen LogP contribution in [-0.2, 0) is 24.1 Å².